The molecule has 0 spiro atoms. The van der Waals surface area contributed by atoms with Gasteiger partial charge in [-0.15, -0.1) is 0 Å². The normalized spacial score (nSPS) is 11.0. The van der Waals surface area contributed by atoms with Crippen molar-refractivity contribution in [1.29, 1.82) is 0 Å². The third-order valence-electron chi connectivity index (χ3n) is 4.54. The van der Waals surface area contributed by atoms with Crippen molar-refractivity contribution in [2.24, 2.45) is 0 Å². The number of ketones is 1. The summed E-state index contributed by atoms with van der Waals surface area (Å²) in [7, 11) is 0. The molecule has 5 nitrogen and oxygen atoms in total. The highest BCUT2D eigenvalue weighted by Crippen LogP contribution is 2.24. The van der Waals surface area contributed by atoms with Crippen molar-refractivity contribution >= 4 is 44.2 Å². The summed E-state index contributed by atoms with van der Waals surface area (Å²) in [4.78, 5) is 16.6. The molecule has 0 aliphatic rings. The maximum Gasteiger partial charge on any atom is 0.202 e. The molecule has 2 aromatic heterocycles. The molecule has 2 aromatic carbocycles. The van der Waals surface area contributed by atoms with Gasteiger partial charge >= 0.3 is 0 Å². The van der Waals surface area contributed by atoms with Gasteiger partial charge in [-0.3, -0.25) is 4.79 Å². The van der Waals surface area contributed by atoms with Gasteiger partial charge in [0, 0.05) is 34.6 Å². The Balaban J connectivity index is 1.50. The maximum atomic E-state index is 14.2. The average molecular weight is 454 g/mol. The Labute approximate surface area is 174 Å². The predicted molar refractivity (Wildman–Crippen MR) is 114 cm³/mol. The zero-order chi connectivity index (χ0) is 20.4. The summed E-state index contributed by atoms with van der Waals surface area (Å²) in [5, 5.41) is 3.92. The number of furan rings is 1. The molecule has 0 fully saturated rings. The molecular formula is C22H17BrFN3O2. The van der Waals surface area contributed by atoms with E-state index in [4.69, 9.17) is 10.2 Å². The number of aromatic nitrogens is 1. The molecule has 0 amide bonds. The van der Waals surface area contributed by atoms with E-state index in [1.54, 1.807) is 36.5 Å². The van der Waals surface area contributed by atoms with Crippen molar-refractivity contribution < 1.29 is 13.6 Å². The molecule has 4 aromatic rings. The molecule has 0 radical (unpaired) electrons. The SMILES string of the molecule is Nc1ncccc1NCc1cc(CC(=O)c2cc3cc(Br)ccc3o2)ccc1F. The summed E-state index contributed by atoms with van der Waals surface area (Å²) >= 11 is 3.40. The number of Topliss-reactive ketones (excluding diaryl/α,β-unsaturated/α-hetero) is 1. The molecule has 0 bridgehead atoms. The number of rotatable bonds is 6. The molecule has 7 heteroatoms. The first kappa shape index (κ1) is 19.1. The minimum Gasteiger partial charge on any atom is -0.453 e. The second-order valence-electron chi connectivity index (χ2n) is 6.61. The fourth-order valence-electron chi connectivity index (χ4n) is 3.06. The monoisotopic (exact) mass is 453 g/mol. The molecule has 2 heterocycles. The van der Waals surface area contributed by atoms with Crippen LogP contribution in [-0.2, 0) is 13.0 Å². The van der Waals surface area contributed by atoms with Crippen LogP contribution < -0.4 is 11.1 Å². The lowest BCUT2D eigenvalue weighted by molar-refractivity contribution is 0.0968. The van der Waals surface area contributed by atoms with E-state index in [9.17, 15) is 9.18 Å². The first-order valence-electron chi connectivity index (χ1n) is 8.93. The van der Waals surface area contributed by atoms with Crippen molar-refractivity contribution in [2.45, 2.75) is 13.0 Å². The van der Waals surface area contributed by atoms with Gasteiger partial charge in [-0.1, -0.05) is 28.1 Å². The van der Waals surface area contributed by atoms with E-state index in [1.165, 1.54) is 6.07 Å². The molecule has 0 aliphatic heterocycles. The lowest BCUT2D eigenvalue weighted by atomic mass is 10.0. The van der Waals surface area contributed by atoms with Gasteiger partial charge < -0.3 is 15.5 Å². The third-order valence-corrected chi connectivity index (χ3v) is 5.03. The Morgan fingerprint density at radius 2 is 2.03 bits per heavy atom. The fourth-order valence-corrected chi connectivity index (χ4v) is 3.43. The molecule has 0 aliphatic carbocycles. The van der Waals surface area contributed by atoms with Crippen LogP contribution in [0.25, 0.3) is 11.0 Å². The Bertz CT molecular complexity index is 1210. The molecule has 0 saturated carbocycles. The van der Waals surface area contributed by atoms with Crippen LogP contribution in [0, 0.1) is 5.82 Å². The lowest BCUT2D eigenvalue weighted by Gasteiger charge is -2.10. The number of halogens is 2. The second kappa shape index (κ2) is 8.05. The molecule has 0 unspecified atom stereocenters. The topological polar surface area (TPSA) is 81.1 Å². The zero-order valence-corrected chi connectivity index (χ0v) is 16.9. The summed E-state index contributed by atoms with van der Waals surface area (Å²) in [6.07, 6.45) is 1.70. The molecule has 29 heavy (non-hydrogen) atoms. The highest BCUT2D eigenvalue weighted by Gasteiger charge is 2.14. The number of hydrogen-bond donors (Lipinski definition) is 2. The van der Waals surface area contributed by atoms with E-state index in [1.807, 2.05) is 18.2 Å². The number of hydrogen-bond acceptors (Lipinski definition) is 5. The number of anilines is 2. The van der Waals surface area contributed by atoms with Gasteiger partial charge in [0.2, 0.25) is 5.78 Å². The van der Waals surface area contributed by atoms with E-state index in [0.29, 0.717) is 28.2 Å². The Hall–Kier alpha value is -3.19. The number of nitrogens with one attached hydrogen (secondary N) is 1. The van der Waals surface area contributed by atoms with E-state index < -0.39 is 0 Å². The fraction of sp³-hybridized carbons (Fsp3) is 0.0909. The average Bonchev–Trinajstić information content (AvgIpc) is 3.13. The Kier molecular flexibility index (Phi) is 5.31. The highest BCUT2D eigenvalue weighted by atomic mass is 79.9. The first-order chi connectivity index (χ1) is 14.0. The molecule has 146 valence electrons. The van der Waals surface area contributed by atoms with Crippen LogP contribution in [0.4, 0.5) is 15.9 Å². The van der Waals surface area contributed by atoms with Crippen LogP contribution in [-0.4, -0.2) is 10.8 Å². The number of nitrogens with zero attached hydrogens (tertiary/aromatic N) is 1. The van der Waals surface area contributed by atoms with Gasteiger partial charge in [0.25, 0.3) is 0 Å². The number of carbonyl (C=O) groups is 1. The molecule has 4 rings (SSSR count). The largest absolute Gasteiger partial charge is 0.453 e. The van der Waals surface area contributed by atoms with E-state index in [2.05, 4.69) is 26.2 Å². The molecule has 0 saturated heterocycles. The van der Waals surface area contributed by atoms with Gasteiger partial charge in [0.1, 0.15) is 17.2 Å². The molecule has 0 atom stereocenters. The van der Waals surface area contributed by atoms with Crippen LogP contribution >= 0.6 is 15.9 Å². The van der Waals surface area contributed by atoms with Gasteiger partial charge in [-0.2, -0.15) is 0 Å². The van der Waals surface area contributed by atoms with Crippen LogP contribution in [0.15, 0.2) is 69.7 Å². The van der Waals surface area contributed by atoms with Crippen molar-refractivity contribution in [3.63, 3.8) is 0 Å². The minimum atomic E-state index is -0.357. The third kappa shape index (κ3) is 4.30. The number of fused-ring (bicyclic) bond motifs is 1. The van der Waals surface area contributed by atoms with Crippen LogP contribution in [0.5, 0.6) is 0 Å². The smallest absolute Gasteiger partial charge is 0.202 e. The zero-order valence-electron chi connectivity index (χ0n) is 15.3. The van der Waals surface area contributed by atoms with Crippen LogP contribution in [0.3, 0.4) is 0 Å². The number of carbonyl (C=O) groups excluding carboxylic acids is 1. The van der Waals surface area contributed by atoms with Gasteiger partial charge in [-0.05, 0) is 48.0 Å². The second-order valence-corrected chi connectivity index (χ2v) is 7.52. The quantitative estimate of drug-likeness (QED) is 0.384. The summed E-state index contributed by atoms with van der Waals surface area (Å²) in [5.41, 5.74) is 8.21. The van der Waals surface area contributed by atoms with Crippen molar-refractivity contribution in [3.05, 3.63) is 88.0 Å². The molecule has 3 N–H and O–H groups in total. The number of nitrogens with two attached hydrogens (primary N) is 1. The van der Waals surface area contributed by atoms with Crippen LogP contribution in [0.2, 0.25) is 0 Å². The van der Waals surface area contributed by atoms with E-state index in [0.717, 1.165) is 9.86 Å². The Morgan fingerprint density at radius 3 is 2.86 bits per heavy atom. The summed E-state index contributed by atoms with van der Waals surface area (Å²) < 4.78 is 20.8. The highest BCUT2D eigenvalue weighted by molar-refractivity contribution is 9.10. The maximum absolute atomic E-state index is 14.2. The van der Waals surface area contributed by atoms with Crippen molar-refractivity contribution in [1.82, 2.24) is 4.98 Å². The van der Waals surface area contributed by atoms with E-state index >= 15 is 0 Å². The number of nitrogen functional groups attached to an aromatic ring is 1. The van der Waals surface area contributed by atoms with Gasteiger partial charge in [0.15, 0.2) is 5.76 Å². The van der Waals surface area contributed by atoms with Crippen molar-refractivity contribution in [3.8, 4) is 0 Å². The number of benzene rings is 2. The van der Waals surface area contributed by atoms with Crippen LogP contribution in [0.1, 0.15) is 21.7 Å². The van der Waals surface area contributed by atoms with Crippen molar-refractivity contribution in [2.75, 3.05) is 11.1 Å². The standard InChI is InChI=1S/C22H17BrFN3O2/c23-16-4-6-20-14(10-16)11-21(29-20)19(28)9-13-3-5-17(24)15(8-13)12-27-18-2-1-7-26-22(18)25/h1-8,10-11,27H,9,12H2,(H2,25,26). The van der Waals surface area contributed by atoms with E-state index in [-0.39, 0.29) is 30.3 Å². The first-order valence-corrected chi connectivity index (χ1v) is 9.73. The molecular weight excluding hydrogens is 437 g/mol. The lowest BCUT2D eigenvalue weighted by Crippen LogP contribution is -2.07. The van der Waals surface area contributed by atoms with Gasteiger partial charge in [0.05, 0.1) is 5.69 Å². The Morgan fingerprint density at radius 1 is 1.17 bits per heavy atom. The predicted octanol–water partition coefficient (Wildman–Crippen LogP) is 5.35. The summed E-state index contributed by atoms with van der Waals surface area (Å²) in [6.45, 7) is 0.225. The summed E-state index contributed by atoms with van der Waals surface area (Å²) in [5.74, 6) is 0.102. The summed E-state index contributed by atoms with van der Waals surface area (Å²) in [6, 6.07) is 15.4. The van der Waals surface area contributed by atoms with Gasteiger partial charge in [-0.25, -0.2) is 9.37 Å². The number of pyridine rings is 1. The minimum absolute atomic E-state index is 0.114.